The lowest BCUT2D eigenvalue weighted by Gasteiger charge is -2.32. The van der Waals surface area contributed by atoms with E-state index in [2.05, 4.69) is 15.3 Å². The van der Waals surface area contributed by atoms with Crippen molar-refractivity contribution in [1.82, 2.24) is 9.88 Å². The number of carbonyl (C=O) groups is 2. The van der Waals surface area contributed by atoms with Crippen molar-refractivity contribution in [2.24, 2.45) is 21.7 Å². The normalized spacial score (nSPS) is 22.3. The van der Waals surface area contributed by atoms with Crippen LogP contribution in [0.4, 0.5) is 19.0 Å². The highest BCUT2D eigenvalue weighted by Crippen LogP contribution is 2.37. The van der Waals surface area contributed by atoms with Crippen LogP contribution in [-0.4, -0.2) is 65.1 Å². The summed E-state index contributed by atoms with van der Waals surface area (Å²) in [7, 11) is 1.49. The molecule has 1 saturated heterocycles. The number of nitrogens with two attached hydrogens (primary N) is 1. The van der Waals surface area contributed by atoms with Crippen LogP contribution in [0.1, 0.15) is 34.3 Å². The number of alkyl halides is 3. The molecule has 1 aromatic heterocycles. The molecular weight excluding hydrogens is 527 g/mol. The molecule has 3 N–H and O–H groups in total. The molecule has 0 saturated carbocycles. The Morgan fingerprint density at radius 1 is 1.23 bits per heavy atom. The van der Waals surface area contributed by atoms with Gasteiger partial charge in [-0.15, -0.1) is 4.59 Å². The quantitative estimate of drug-likeness (QED) is 0.419. The molecule has 40 heavy (non-hydrogen) atoms. The molecular formula is C27H27F3N7O3+. The molecule has 3 aliphatic heterocycles. The number of methoxy groups -OCH3 is 1. The first kappa shape index (κ1) is 27.4. The van der Waals surface area contributed by atoms with Crippen molar-refractivity contribution in [3.63, 3.8) is 0 Å². The lowest BCUT2D eigenvalue weighted by molar-refractivity contribution is -0.750. The molecule has 1 aromatic carbocycles. The van der Waals surface area contributed by atoms with Crippen molar-refractivity contribution in [2.75, 3.05) is 32.1 Å². The molecule has 208 valence electrons. The monoisotopic (exact) mass is 554 g/mol. The van der Waals surface area contributed by atoms with Crippen LogP contribution in [0.15, 0.2) is 76.4 Å². The topological polar surface area (TPSA) is 122 Å². The van der Waals surface area contributed by atoms with Crippen molar-refractivity contribution in [2.45, 2.75) is 19.0 Å². The number of likely N-dealkylation sites (tertiary alicyclic amines) is 1. The fourth-order valence-electron chi connectivity index (χ4n) is 4.98. The molecule has 3 aliphatic rings. The minimum Gasteiger partial charge on any atom is -0.375 e. The molecule has 0 spiro atoms. The molecule has 1 fully saturated rings. The highest BCUT2D eigenvalue weighted by atomic mass is 19.4. The number of amidine groups is 1. The number of aliphatic imine (C=N–C) groups is 2. The molecule has 4 heterocycles. The van der Waals surface area contributed by atoms with E-state index < -0.39 is 17.6 Å². The smallest absolute Gasteiger partial charge is 0.375 e. The SMILES string of the molecule is COCC(=O)N1CCC[C@@H](C2=C3C=NC=C[N+]3(N)C(c3ccc(C(=O)Nc4cc(C(F)(F)F)ccn4)cc3)=N2)C1. The number of anilines is 1. The molecule has 0 radical (unpaired) electrons. The van der Waals surface area contributed by atoms with E-state index in [0.717, 1.165) is 36.9 Å². The van der Waals surface area contributed by atoms with Crippen molar-refractivity contribution in [3.05, 3.63) is 83.1 Å². The summed E-state index contributed by atoms with van der Waals surface area (Å²) < 4.78 is 43.8. The average molecular weight is 555 g/mol. The van der Waals surface area contributed by atoms with Gasteiger partial charge in [-0.1, -0.05) is 0 Å². The molecule has 13 heteroatoms. The van der Waals surface area contributed by atoms with Crippen LogP contribution < -0.4 is 11.2 Å². The number of pyridine rings is 1. The van der Waals surface area contributed by atoms with Gasteiger partial charge in [0, 0.05) is 37.9 Å². The molecule has 2 aromatic rings. The molecule has 5 rings (SSSR count). The van der Waals surface area contributed by atoms with E-state index in [4.69, 9.17) is 15.6 Å². The summed E-state index contributed by atoms with van der Waals surface area (Å²) in [5.74, 6) is 6.37. The third kappa shape index (κ3) is 5.30. The van der Waals surface area contributed by atoms with E-state index >= 15 is 0 Å². The number of aromatic nitrogens is 1. The van der Waals surface area contributed by atoms with Gasteiger partial charge in [-0.3, -0.25) is 14.6 Å². The van der Waals surface area contributed by atoms with Crippen LogP contribution in [0, 0.1) is 5.92 Å². The fourth-order valence-corrected chi connectivity index (χ4v) is 4.98. The number of ether oxygens (including phenoxy) is 1. The van der Waals surface area contributed by atoms with Gasteiger partial charge in [0.2, 0.25) is 11.6 Å². The van der Waals surface area contributed by atoms with Gasteiger partial charge in [0.1, 0.15) is 24.3 Å². The standard InChI is InChI=1S/C27H26F3N7O3/c1-40-16-23(38)36-11-2-3-19(15-36)24-21-14-32-10-12-37(21,31)25(35-24)17-4-6-18(7-5-17)26(39)34-22-13-20(8-9-33-22)27(28,29)30/h4-10,12-14,19H,2-3,11,15-16,31H2,1H3/p+1/t19-,37?/m1/s1. The molecule has 1 unspecified atom stereocenters. The van der Waals surface area contributed by atoms with Crippen molar-refractivity contribution < 1.29 is 32.1 Å². The van der Waals surface area contributed by atoms with Gasteiger partial charge in [-0.05, 0) is 49.2 Å². The van der Waals surface area contributed by atoms with Crippen LogP contribution in [0.3, 0.4) is 0 Å². The lowest BCUT2D eigenvalue weighted by atomic mass is 9.93. The second-order valence-corrected chi connectivity index (χ2v) is 9.63. The number of benzene rings is 1. The van der Waals surface area contributed by atoms with E-state index in [1.807, 2.05) is 0 Å². The van der Waals surface area contributed by atoms with Gasteiger partial charge in [-0.25, -0.2) is 4.98 Å². The number of hydrogen-bond donors (Lipinski definition) is 2. The van der Waals surface area contributed by atoms with E-state index in [0.29, 0.717) is 30.2 Å². The number of rotatable bonds is 6. The molecule has 2 atom stereocenters. The first-order valence-corrected chi connectivity index (χ1v) is 12.5. The Morgan fingerprint density at radius 3 is 2.73 bits per heavy atom. The van der Waals surface area contributed by atoms with E-state index in [9.17, 15) is 22.8 Å². The Balaban J connectivity index is 1.37. The maximum atomic E-state index is 13.0. The minimum absolute atomic E-state index is 0.0119. The van der Waals surface area contributed by atoms with Gasteiger partial charge in [0.05, 0.1) is 23.5 Å². The second kappa shape index (κ2) is 10.8. The van der Waals surface area contributed by atoms with Crippen molar-refractivity contribution in [1.29, 1.82) is 0 Å². The molecule has 2 amide bonds. The number of amides is 2. The number of quaternary nitrogens is 1. The zero-order chi connectivity index (χ0) is 28.5. The number of piperidine rings is 1. The third-order valence-corrected chi connectivity index (χ3v) is 6.99. The van der Waals surface area contributed by atoms with E-state index in [1.165, 1.54) is 19.2 Å². The Hall–Kier alpha value is -4.20. The second-order valence-electron chi connectivity index (χ2n) is 9.63. The van der Waals surface area contributed by atoms with Gasteiger partial charge in [0.25, 0.3) is 11.7 Å². The molecule has 0 bridgehead atoms. The Kier molecular flexibility index (Phi) is 7.36. The highest BCUT2D eigenvalue weighted by Gasteiger charge is 2.46. The number of allylic oxidation sites excluding steroid dienone is 1. The highest BCUT2D eigenvalue weighted by molar-refractivity contribution is 6.05. The first-order chi connectivity index (χ1) is 19.1. The largest absolute Gasteiger partial charge is 0.416 e. The first-order valence-electron chi connectivity index (χ1n) is 12.5. The maximum absolute atomic E-state index is 13.0. The Bertz CT molecular complexity index is 1450. The summed E-state index contributed by atoms with van der Waals surface area (Å²) >= 11 is 0. The average Bonchev–Trinajstić information content (AvgIpc) is 3.26. The zero-order valence-corrected chi connectivity index (χ0v) is 21.6. The minimum atomic E-state index is -4.55. The number of hydrogen-bond acceptors (Lipinski definition) is 7. The van der Waals surface area contributed by atoms with Crippen LogP contribution in [0.2, 0.25) is 0 Å². The number of nitrogens with one attached hydrogen (secondary N) is 1. The van der Waals surface area contributed by atoms with Crippen LogP contribution >= 0.6 is 0 Å². The zero-order valence-electron chi connectivity index (χ0n) is 21.6. The van der Waals surface area contributed by atoms with Crippen LogP contribution in [0.25, 0.3) is 0 Å². The fraction of sp³-hybridized carbons (Fsp3) is 0.296. The lowest BCUT2D eigenvalue weighted by Crippen LogP contribution is -2.53. The van der Waals surface area contributed by atoms with Gasteiger partial charge in [-0.2, -0.15) is 24.0 Å². The maximum Gasteiger partial charge on any atom is 0.416 e. The number of halogens is 3. The van der Waals surface area contributed by atoms with Gasteiger partial charge >= 0.3 is 6.18 Å². The van der Waals surface area contributed by atoms with Crippen molar-refractivity contribution in [3.8, 4) is 0 Å². The summed E-state index contributed by atoms with van der Waals surface area (Å²) in [6, 6.07) is 8.04. The summed E-state index contributed by atoms with van der Waals surface area (Å²) in [4.78, 5) is 39.9. The van der Waals surface area contributed by atoms with Crippen LogP contribution in [-0.2, 0) is 15.7 Å². The Morgan fingerprint density at radius 2 is 2.00 bits per heavy atom. The molecule has 10 nitrogen and oxygen atoms in total. The van der Waals surface area contributed by atoms with Gasteiger partial charge in [0.15, 0.2) is 0 Å². The van der Waals surface area contributed by atoms with Crippen LogP contribution in [0.5, 0.6) is 0 Å². The van der Waals surface area contributed by atoms with E-state index in [-0.39, 0.29) is 34.4 Å². The van der Waals surface area contributed by atoms with E-state index in [1.54, 1.807) is 35.6 Å². The predicted molar refractivity (Wildman–Crippen MR) is 140 cm³/mol. The summed E-state index contributed by atoms with van der Waals surface area (Å²) in [6.45, 7) is 1.14. The third-order valence-electron chi connectivity index (χ3n) is 6.99. The van der Waals surface area contributed by atoms with Gasteiger partial charge < -0.3 is 15.0 Å². The number of carbonyl (C=O) groups excluding carboxylic acids is 2. The summed E-state index contributed by atoms with van der Waals surface area (Å²) in [5, 5.41) is 2.40. The number of fused-ring (bicyclic) bond motifs is 1. The molecule has 0 aliphatic carbocycles. The Labute approximate surface area is 227 Å². The number of nitrogens with zero attached hydrogens (tertiary/aromatic N) is 5. The predicted octanol–water partition coefficient (Wildman–Crippen LogP) is 3.46. The summed E-state index contributed by atoms with van der Waals surface area (Å²) in [5.41, 5.74) is 1.39. The van der Waals surface area contributed by atoms with Crippen molar-refractivity contribution >= 4 is 29.7 Å². The summed E-state index contributed by atoms with van der Waals surface area (Å²) in [6.07, 6.45) is 3.03.